The average Bonchev–Trinajstić information content (AvgIpc) is 3.15. The Morgan fingerprint density at radius 3 is 2.19 bits per heavy atom. The SMILES string of the molecule is CC[C@H]1OC(=O)[C@H](C)[C@@H](O[C@H]2C[C@](C)(OC)[C@@H](O)[C@H](C)O2)[C@H](C)[C@@H](O[C@@H]2O[C@H](C)C[C@H](N(C)C)[C@H]2O)[C@](C)(O)C[C@@H](C)[C@@H]2N[C@H](COCCOC)O[C@H]([C@H]2C)[C@]1(C)O. The first kappa shape index (κ1) is 49.6. The molecule has 2 bridgehead atoms. The predicted octanol–water partition coefficient (Wildman–Crippen LogP) is 2.20. The van der Waals surface area contributed by atoms with E-state index in [2.05, 4.69) is 5.32 Å². The highest BCUT2D eigenvalue weighted by Crippen LogP contribution is 2.43. The lowest BCUT2D eigenvalue weighted by atomic mass is 9.71. The van der Waals surface area contributed by atoms with Gasteiger partial charge in [0.15, 0.2) is 12.6 Å². The van der Waals surface area contributed by atoms with E-state index in [1.54, 1.807) is 41.7 Å². The van der Waals surface area contributed by atoms with Crippen LogP contribution in [0.15, 0.2) is 0 Å². The number of fused-ring (bicyclic) bond motifs is 2. The van der Waals surface area contributed by atoms with Crippen molar-refractivity contribution in [3.05, 3.63) is 0 Å². The summed E-state index contributed by atoms with van der Waals surface area (Å²) in [6.07, 6.45) is -8.29. The van der Waals surface area contributed by atoms with Gasteiger partial charge in [-0.3, -0.25) is 10.1 Å². The molecule has 4 aliphatic rings. The third-order valence-corrected chi connectivity index (χ3v) is 13.5. The van der Waals surface area contributed by atoms with Crippen molar-refractivity contribution in [3.63, 3.8) is 0 Å². The van der Waals surface area contributed by atoms with E-state index in [0.29, 0.717) is 19.6 Å². The Labute approximate surface area is 346 Å². The molecule has 4 saturated heterocycles. The summed E-state index contributed by atoms with van der Waals surface area (Å²) in [5.74, 6) is -2.95. The van der Waals surface area contributed by atoms with Crippen LogP contribution in [-0.4, -0.2) is 176 Å². The molecule has 0 spiro atoms. The Bertz CT molecular complexity index is 1290. The topological polar surface area (TPSA) is 196 Å². The molecule has 58 heavy (non-hydrogen) atoms. The van der Waals surface area contributed by atoms with Gasteiger partial charge in [-0.15, -0.1) is 0 Å². The van der Waals surface area contributed by atoms with Gasteiger partial charge in [0.05, 0.1) is 67.5 Å². The van der Waals surface area contributed by atoms with Crippen LogP contribution in [0, 0.1) is 23.7 Å². The van der Waals surface area contributed by atoms with Crippen LogP contribution in [0.25, 0.3) is 0 Å². The van der Waals surface area contributed by atoms with Gasteiger partial charge in [-0.25, -0.2) is 0 Å². The molecule has 4 fully saturated rings. The zero-order valence-electron chi connectivity index (χ0n) is 37.6. The molecule has 0 unspecified atom stereocenters. The number of aliphatic hydroxyl groups excluding tert-OH is 2. The molecule has 5 N–H and O–H groups in total. The largest absolute Gasteiger partial charge is 0.459 e. The second-order valence-corrected chi connectivity index (χ2v) is 18.6. The summed E-state index contributed by atoms with van der Waals surface area (Å²) >= 11 is 0. The summed E-state index contributed by atoms with van der Waals surface area (Å²) in [7, 11) is 6.90. The van der Waals surface area contributed by atoms with Crippen LogP contribution in [0.5, 0.6) is 0 Å². The van der Waals surface area contributed by atoms with Crippen LogP contribution < -0.4 is 5.32 Å². The fourth-order valence-corrected chi connectivity index (χ4v) is 10.0. The van der Waals surface area contributed by atoms with Crippen LogP contribution >= 0.6 is 0 Å². The second-order valence-electron chi connectivity index (χ2n) is 18.6. The van der Waals surface area contributed by atoms with Crippen molar-refractivity contribution < 1.29 is 67.9 Å². The number of nitrogens with zero attached hydrogens (tertiary/aromatic N) is 1. The molecule has 16 heteroatoms. The van der Waals surface area contributed by atoms with Crippen molar-refractivity contribution in [1.29, 1.82) is 0 Å². The van der Waals surface area contributed by atoms with E-state index in [4.69, 9.17) is 42.6 Å². The number of hydrogen-bond acceptors (Lipinski definition) is 16. The maximum absolute atomic E-state index is 14.5. The van der Waals surface area contributed by atoms with E-state index in [-0.39, 0.29) is 55.9 Å². The normalized spacial score (nSPS) is 48.7. The van der Waals surface area contributed by atoms with Gasteiger partial charge in [0.25, 0.3) is 0 Å². The van der Waals surface area contributed by atoms with Crippen LogP contribution in [0.4, 0.5) is 0 Å². The minimum atomic E-state index is -1.64. The van der Waals surface area contributed by atoms with Crippen molar-refractivity contribution in [1.82, 2.24) is 10.2 Å². The molecular formula is C42H78N2O14. The number of esters is 1. The van der Waals surface area contributed by atoms with E-state index in [1.807, 2.05) is 53.6 Å². The first-order chi connectivity index (χ1) is 27.0. The van der Waals surface area contributed by atoms with Crippen molar-refractivity contribution >= 4 is 5.97 Å². The molecule has 16 nitrogen and oxygen atoms in total. The third kappa shape index (κ3) is 11.1. The van der Waals surface area contributed by atoms with Gasteiger partial charge >= 0.3 is 5.97 Å². The van der Waals surface area contributed by atoms with Gasteiger partial charge in [0, 0.05) is 44.6 Å². The lowest BCUT2D eigenvalue weighted by Gasteiger charge is -2.52. The van der Waals surface area contributed by atoms with Gasteiger partial charge in [0.2, 0.25) is 0 Å². The molecular weight excluding hydrogens is 756 g/mol. The van der Waals surface area contributed by atoms with Crippen molar-refractivity contribution in [3.8, 4) is 0 Å². The Morgan fingerprint density at radius 1 is 0.914 bits per heavy atom. The second kappa shape index (κ2) is 20.4. The molecule has 20 atom stereocenters. The number of methoxy groups -OCH3 is 2. The van der Waals surface area contributed by atoms with Gasteiger partial charge in [0.1, 0.15) is 30.1 Å². The summed E-state index contributed by atoms with van der Waals surface area (Å²) in [5.41, 5.74) is -4.27. The van der Waals surface area contributed by atoms with Crippen LogP contribution in [0.1, 0.15) is 94.9 Å². The van der Waals surface area contributed by atoms with Gasteiger partial charge in [-0.2, -0.15) is 0 Å². The van der Waals surface area contributed by atoms with E-state index >= 15 is 0 Å². The molecule has 340 valence electrons. The standard InChI is InChI=1S/C42H78N2O14/c1-15-29-42(10,49)37-24(4)32(43-30(56-37)21-52-17-16-50-13)22(2)19-40(8,48)36(58-39-33(45)28(44(11)12)18-23(3)53-39)25(5)34(26(6)38(47)55-29)57-31-20-41(9,51-14)35(46)27(7)54-31/h22-37,39,43,45-46,48-49H,15-21H2,1-14H3/t22-,23-,24+,25+,26-,27+,28+,29-,30+,31+,32+,33-,34+,35+,36-,37-,39+,40-,41+,42-/m1/s1. The fraction of sp³-hybridized carbons (Fsp3) is 0.976. The summed E-state index contributed by atoms with van der Waals surface area (Å²) in [4.78, 5) is 16.4. The van der Waals surface area contributed by atoms with E-state index in [0.717, 1.165) is 0 Å². The Balaban J connectivity index is 1.83. The summed E-state index contributed by atoms with van der Waals surface area (Å²) < 4.78 is 55.7. The molecule has 4 rings (SSSR count). The highest BCUT2D eigenvalue weighted by atomic mass is 16.7. The summed E-state index contributed by atoms with van der Waals surface area (Å²) in [5, 5.41) is 51.5. The Hall–Kier alpha value is -1.09. The highest BCUT2D eigenvalue weighted by Gasteiger charge is 2.55. The van der Waals surface area contributed by atoms with Crippen LogP contribution in [0.3, 0.4) is 0 Å². The number of ether oxygens (including phenoxy) is 9. The Morgan fingerprint density at radius 2 is 1.59 bits per heavy atom. The number of nitrogens with one attached hydrogen (secondary N) is 1. The number of rotatable bonds is 12. The van der Waals surface area contributed by atoms with Crippen molar-refractivity contribution in [2.24, 2.45) is 23.7 Å². The first-order valence-electron chi connectivity index (χ1n) is 21.4. The molecule has 0 radical (unpaired) electrons. The minimum absolute atomic E-state index is 0.137. The molecule has 0 aromatic heterocycles. The maximum atomic E-state index is 14.5. The molecule has 0 saturated carbocycles. The molecule has 0 aromatic carbocycles. The number of aliphatic hydroxyl groups is 4. The van der Waals surface area contributed by atoms with Crippen molar-refractivity contribution in [2.75, 3.05) is 48.1 Å². The van der Waals surface area contributed by atoms with Crippen LogP contribution in [-0.2, 0) is 47.4 Å². The highest BCUT2D eigenvalue weighted by molar-refractivity contribution is 5.73. The molecule has 0 aromatic rings. The number of likely N-dealkylation sites (N-methyl/N-ethyl adjacent to an activating group) is 1. The lowest BCUT2D eigenvalue weighted by molar-refractivity contribution is -0.318. The average molecular weight is 835 g/mol. The Kier molecular flexibility index (Phi) is 17.4. The fourth-order valence-electron chi connectivity index (χ4n) is 10.0. The molecule has 0 amide bonds. The summed E-state index contributed by atoms with van der Waals surface area (Å²) in [6.45, 7) is 19.1. The zero-order valence-corrected chi connectivity index (χ0v) is 37.6. The minimum Gasteiger partial charge on any atom is -0.459 e. The monoisotopic (exact) mass is 835 g/mol. The molecule has 4 aliphatic heterocycles. The lowest BCUT2D eigenvalue weighted by Crippen LogP contribution is -2.67. The number of hydrogen-bond donors (Lipinski definition) is 5. The smallest absolute Gasteiger partial charge is 0.311 e. The van der Waals surface area contributed by atoms with Crippen LogP contribution in [0.2, 0.25) is 0 Å². The molecule has 0 aliphatic carbocycles. The quantitative estimate of drug-likeness (QED) is 0.142. The predicted molar refractivity (Wildman–Crippen MR) is 214 cm³/mol. The van der Waals surface area contributed by atoms with Crippen molar-refractivity contribution in [2.45, 2.75) is 191 Å². The van der Waals surface area contributed by atoms with Gasteiger partial charge in [-0.05, 0) is 80.8 Å². The number of cyclic esters (lactones) is 1. The number of carbonyl (C=O) groups excluding carboxylic acids is 1. The number of carbonyl (C=O) groups is 1. The maximum Gasteiger partial charge on any atom is 0.311 e. The van der Waals surface area contributed by atoms with Gasteiger partial charge < -0.3 is 68.0 Å². The molecule has 4 heterocycles. The zero-order chi connectivity index (χ0) is 43.5. The van der Waals surface area contributed by atoms with E-state index < -0.39 is 96.1 Å². The van der Waals surface area contributed by atoms with E-state index in [1.165, 1.54) is 7.11 Å². The third-order valence-electron chi connectivity index (χ3n) is 13.5. The van der Waals surface area contributed by atoms with Gasteiger partial charge in [-0.1, -0.05) is 27.7 Å². The van der Waals surface area contributed by atoms with E-state index in [9.17, 15) is 25.2 Å². The first-order valence-corrected chi connectivity index (χ1v) is 21.4. The summed E-state index contributed by atoms with van der Waals surface area (Å²) in [6, 6.07) is -0.593.